The molecule has 0 bridgehead atoms. The molecule has 1 N–H and O–H groups in total. The molecule has 0 radical (unpaired) electrons. The third-order valence-corrected chi connectivity index (χ3v) is 5.00. The summed E-state index contributed by atoms with van der Waals surface area (Å²) in [7, 11) is 4.92. The summed E-state index contributed by atoms with van der Waals surface area (Å²) in [6.07, 6.45) is 2.58. The molecule has 0 saturated carbocycles. The summed E-state index contributed by atoms with van der Waals surface area (Å²) < 4.78 is 22.0. The Balaban J connectivity index is 0.00000363. The molecule has 3 aromatic rings. The monoisotopic (exact) mass is 477 g/mol. The largest absolute Gasteiger partial charge is 1.00 e. The highest BCUT2D eigenvalue weighted by atomic mass is 35.5. The van der Waals surface area contributed by atoms with Crippen LogP contribution in [-0.4, -0.2) is 32.9 Å². The lowest BCUT2D eigenvalue weighted by molar-refractivity contribution is -0.00000742. The summed E-state index contributed by atoms with van der Waals surface area (Å²) in [4.78, 5) is 4.06. The average Bonchev–Trinajstić information content (AvgIpc) is 2.81. The Bertz CT molecular complexity index is 984. The van der Waals surface area contributed by atoms with E-state index in [0.717, 1.165) is 42.1 Å². The Morgan fingerprint density at radius 3 is 2.09 bits per heavy atom. The smallest absolute Gasteiger partial charge is 0.161 e. The summed E-state index contributed by atoms with van der Waals surface area (Å²) in [6.45, 7) is 1.95. The van der Waals surface area contributed by atoms with Gasteiger partial charge in [-0.1, -0.05) is 29.8 Å². The van der Waals surface area contributed by atoms with Crippen LogP contribution in [0.3, 0.4) is 0 Å². The zero-order valence-electron chi connectivity index (χ0n) is 18.4. The molecular formula is C24H27Cl2N2O4-. The van der Waals surface area contributed by atoms with E-state index in [-0.39, 0.29) is 12.4 Å². The normalized spacial score (nSPS) is 10.2. The lowest BCUT2D eigenvalue weighted by Gasteiger charge is -2.13. The molecule has 0 spiro atoms. The number of rotatable bonds is 11. The standard InChI is InChI=1S/C24H27ClN2O4.ClH/c1-28-20-7-4-17(12-22(20)29-2)10-11-26-14-18-5-8-21(23(13-18)30-3)31-16-19-6-9-24(25)27-15-19;/h4-9,12-13,15,26H,10-11,14,16H2,1-3H3;1H/p-1. The molecule has 8 heteroatoms. The van der Waals surface area contributed by atoms with Crippen LogP contribution >= 0.6 is 11.6 Å². The molecule has 1 aromatic heterocycles. The topological polar surface area (TPSA) is 61.8 Å². The summed E-state index contributed by atoms with van der Waals surface area (Å²) >= 11 is 5.82. The molecule has 0 amide bonds. The molecule has 0 aliphatic rings. The molecule has 0 aliphatic carbocycles. The average molecular weight is 478 g/mol. The number of hydrogen-bond acceptors (Lipinski definition) is 6. The van der Waals surface area contributed by atoms with Gasteiger partial charge in [-0.3, -0.25) is 0 Å². The van der Waals surface area contributed by atoms with Crippen molar-refractivity contribution in [3.05, 3.63) is 76.6 Å². The van der Waals surface area contributed by atoms with Gasteiger partial charge in [-0.25, -0.2) is 4.98 Å². The molecule has 32 heavy (non-hydrogen) atoms. The third kappa shape index (κ3) is 7.19. The number of hydrogen-bond donors (Lipinski definition) is 1. The number of ether oxygens (including phenoxy) is 4. The number of nitrogens with one attached hydrogen (secondary N) is 1. The molecule has 3 rings (SSSR count). The van der Waals surface area contributed by atoms with Crippen LogP contribution in [0, 0.1) is 0 Å². The molecule has 2 aromatic carbocycles. The van der Waals surface area contributed by atoms with Crippen LogP contribution in [-0.2, 0) is 19.6 Å². The Labute approximate surface area is 200 Å². The van der Waals surface area contributed by atoms with E-state index in [1.54, 1.807) is 33.6 Å². The van der Waals surface area contributed by atoms with E-state index in [1.807, 2.05) is 36.4 Å². The first kappa shape index (κ1) is 25.6. The molecule has 0 fully saturated rings. The van der Waals surface area contributed by atoms with Crippen LogP contribution in [0.2, 0.25) is 5.15 Å². The van der Waals surface area contributed by atoms with E-state index in [4.69, 9.17) is 30.5 Å². The van der Waals surface area contributed by atoms with Gasteiger partial charge in [-0.2, -0.15) is 0 Å². The van der Waals surface area contributed by atoms with Gasteiger partial charge in [0.05, 0.1) is 21.3 Å². The van der Waals surface area contributed by atoms with Gasteiger partial charge in [-0.15, -0.1) is 0 Å². The highest BCUT2D eigenvalue weighted by Gasteiger charge is 2.08. The SMILES string of the molecule is COc1ccc(CCNCc2ccc(OCc3ccc(Cl)nc3)c(OC)c2)cc1OC.[Cl-]. The van der Waals surface area contributed by atoms with Gasteiger partial charge in [-0.05, 0) is 54.4 Å². The van der Waals surface area contributed by atoms with Crippen molar-refractivity contribution in [2.75, 3.05) is 27.9 Å². The second kappa shape index (κ2) is 13.0. The van der Waals surface area contributed by atoms with Gasteiger partial charge in [0.2, 0.25) is 0 Å². The molecule has 172 valence electrons. The van der Waals surface area contributed by atoms with Gasteiger partial charge < -0.3 is 36.7 Å². The Hall–Kier alpha value is -2.67. The molecule has 6 nitrogen and oxygen atoms in total. The Kier molecular flexibility index (Phi) is 10.4. The van der Waals surface area contributed by atoms with Crippen molar-refractivity contribution in [1.29, 1.82) is 0 Å². The summed E-state index contributed by atoms with van der Waals surface area (Å²) in [5.74, 6) is 2.86. The molecular weight excluding hydrogens is 451 g/mol. The van der Waals surface area contributed by atoms with Gasteiger partial charge >= 0.3 is 0 Å². The number of nitrogens with zero attached hydrogens (tertiary/aromatic N) is 1. The van der Waals surface area contributed by atoms with E-state index in [9.17, 15) is 0 Å². The van der Waals surface area contributed by atoms with Crippen molar-refractivity contribution in [1.82, 2.24) is 10.3 Å². The zero-order chi connectivity index (χ0) is 22.1. The van der Waals surface area contributed by atoms with Gasteiger partial charge in [0, 0.05) is 18.3 Å². The minimum absolute atomic E-state index is 0. The van der Waals surface area contributed by atoms with Crippen LogP contribution in [0.25, 0.3) is 0 Å². The minimum Gasteiger partial charge on any atom is -1.00 e. The first-order valence-corrected chi connectivity index (χ1v) is 10.3. The Morgan fingerprint density at radius 2 is 1.41 bits per heavy atom. The number of halogens is 2. The van der Waals surface area contributed by atoms with Crippen LogP contribution in [0.5, 0.6) is 23.0 Å². The third-order valence-electron chi connectivity index (χ3n) is 4.78. The highest BCUT2D eigenvalue weighted by molar-refractivity contribution is 6.29. The second-order valence-electron chi connectivity index (χ2n) is 6.88. The molecule has 0 unspecified atom stereocenters. The number of methoxy groups -OCH3 is 3. The van der Waals surface area contributed by atoms with Gasteiger partial charge in [0.25, 0.3) is 0 Å². The first-order valence-electron chi connectivity index (χ1n) is 9.94. The van der Waals surface area contributed by atoms with Crippen molar-refractivity contribution in [2.24, 2.45) is 0 Å². The molecule has 0 atom stereocenters. The zero-order valence-corrected chi connectivity index (χ0v) is 19.9. The summed E-state index contributed by atoms with van der Waals surface area (Å²) in [5, 5.41) is 3.92. The quantitative estimate of drug-likeness (QED) is 0.334. The van der Waals surface area contributed by atoms with Crippen molar-refractivity contribution >= 4 is 11.6 Å². The lowest BCUT2D eigenvalue weighted by atomic mass is 10.1. The molecule has 0 saturated heterocycles. The van der Waals surface area contributed by atoms with Crippen LogP contribution < -0.4 is 36.7 Å². The van der Waals surface area contributed by atoms with Crippen molar-refractivity contribution in [2.45, 2.75) is 19.6 Å². The highest BCUT2D eigenvalue weighted by Crippen LogP contribution is 2.29. The predicted molar refractivity (Wildman–Crippen MR) is 122 cm³/mol. The van der Waals surface area contributed by atoms with Crippen LogP contribution in [0.4, 0.5) is 0 Å². The lowest BCUT2D eigenvalue weighted by Crippen LogP contribution is -3.00. The molecule has 0 aliphatic heterocycles. The summed E-state index contributed by atoms with van der Waals surface area (Å²) in [6, 6.07) is 15.6. The van der Waals surface area contributed by atoms with E-state index < -0.39 is 0 Å². The Morgan fingerprint density at radius 1 is 0.781 bits per heavy atom. The minimum atomic E-state index is 0. The van der Waals surface area contributed by atoms with Crippen molar-refractivity contribution in [3.63, 3.8) is 0 Å². The van der Waals surface area contributed by atoms with E-state index in [2.05, 4.69) is 16.4 Å². The molecule has 1 heterocycles. The number of aromatic nitrogens is 1. The van der Waals surface area contributed by atoms with Crippen LogP contribution in [0.15, 0.2) is 54.7 Å². The van der Waals surface area contributed by atoms with E-state index in [1.165, 1.54) is 5.56 Å². The second-order valence-corrected chi connectivity index (χ2v) is 7.27. The maximum Gasteiger partial charge on any atom is 0.161 e. The fourth-order valence-electron chi connectivity index (χ4n) is 3.10. The fraction of sp³-hybridized carbons (Fsp3) is 0.292. The maximum absolute atomic E-state index is 5.88. The first-order chi connectivity index (χ1) is 15.1. The summed E-state index contributed by atoms with van der Waals surface area (Å²) in [5.41, 5.74) is 3.24. The van der Waals surface area contributed by atoms with Crippen molar-refractivity contribution in [3.8, 4) is 23.0 Å². The number of benzene rings is 2. The predicted octanol–water partition coefficient (Wildman–Crippen LogP) is 1.68. The fourth-order valence-corrected chi connectivity index (χ4v) is 3.21. The van der Waals surface area contributed by atoms with Gasteiger partial charge in [0.15, 0.2) is 23.0 Å². The number of pyridine rings is 1. The maximum atomic E-state index is 5.88. The van der Waals surface area contributed by atoms with Crippen LogP contribution in [0.1, 0.15) is 16.7 Å². The van der Waals surface area contributed by atoms with E-state index in [0.29, 0.717) is 23.3 Å². The van der Waals surface area contributed by atoms with E-state index >= 15 is 0 Å². The van der Waals surface area contributed by atoms with Crippen molar-refractivity contribution < 1.29 is 31.4 Å². The van der Waals surface area contributed by atoms with Gasteiger partial charge in [0.1, 0.15) is 11.8 Å².